The van der Waals surface area contributed by atoms with Crippen molar-refractivity contribution in [3.05, 3.63) is 35.4 Å². The second-order valence-electron chi connectivity index (χ2n) is 6.26. The van der Waals surface area contributed by atoms with E-state index in [2.05, 4.69) is 19.1 Å². The summed E-state index contributed by atoms with van der Waals surface area (Å²) in [7, 11) is 0. The highest BCUT2D eigenvalue weighted by Crippen LogP contribution is 2.41. The largest absolute Gasteiger partial charge is 0.388 e. The normalized spacial score (nSPS) is 27.4. The molecule has 2 unspecified atom stereocenters. The molecule has 3 nitrogen and oxygen atoms in total. The van der Waals surface area contributed by atoms with E-state index < -0.39 is 0 Å². The van der Waals surface area contributed by atoms with Crippen molar-refractivity contribution < 1.29 is 14.6 Å². The molecule has 110 valence electrons. The van der Waals surface area contributed by atoms with Crippen LogP contribution in [0.25, 0.3) is 0 Å². The van der Waals surface area contributed by atoms with E-state index in [0.717, 1.165) is 51.1 Å². The first kappa shape index (κ1) is 14.1. The third-order valence-corrected chi connectivity index (χ3v) is 4.77. The van der Waals surface area contributed by atoms with Crippen molar-refractivity contribution in [1.29, 1.82) is 0 Å². The van der Waals surface area contributed by atoms with Crippen molar-refractivity contribution in [2.45, 2.75) is 44.3 Å². The monoisotopic (exact) mass is 276 g/mol. The van der Waals surface area contributed by atoms with Crippen LogP contribution in [-0.4, -0.2) is 30.5 Å². The second kappa shape index (κ2) is 5.84. The maximum absolute atomic E-state index is 10.7. The van der Waals surface area contributed by atoms with Gasteiger partial charge in [-0.25, -0.2) is 0 Å². The summed E-state index contributed by atoms with van der Waals surface area (Å²) in [5, 5.41) is 10.7. The van der Waals surface area contributed by atoms with E-state index in [0.29, 0.717) is 5.92 Å². The van der Waals surface area contributed by atoms with Crippen LogP contribution in [-0.2, 0) is 9.47 Å². The van der Waals surface area contributed by atoms with Gasteiger partial charge in [0.2, 0.25) is 0 Å². The number of benzene rings is 1. The topological polar surface area (TPSA) is 38.7 Å². The maximum atomic E-state index is 10.7. The molecule has 1 N–H and O–H groups in total. The molecular weight excluding hydrogens is 252 g/mol. The summed E-state index contributed by atoms with van der Waals surface area (Å²) in [5.41, 5.74) is 2.19. The van der Waals surface area contributed by atoms with Crippen molar-refractivity contribution in [2.24, 2.45) is 5.92 Å². The Morgan fingerprint density at radius 2 is 2.05 bits per heavy atom. The van der Waals surface area contributed by atoms with Crippen molar-refractivity contribution in [3.63, 3.8) is 0 Å². The molecule has 0 aromatic heterocycles. The van der Waals surface area contributed by atoms with Gasteiger partial charge in [0, 0.05) is 19.8 Å². The Labute approximate surface area is 120 Å². The molecule has 0 radical (unpaired) electrons. The third kappa shape index (κ3) is 2.90. The fourth-order valence-corrected chi connectivity index (χ4v) is 3.55. The van der Waals surface area contributed by atoms with Gasteiger partial charge in [0.25, 0.3) is 0 Å². The molecule has 0 saturated carbocycles. The van der Waals surface area contributed by atoms with Gasteiger partial charge in [0.05, 0.1) is 11.7 Å². The van der Waals surface area contributed by atoms with E-state index in [1.807, 2.05) is 12.1 Å². The Morgan fingerprint density at radius 3 is 2.80 bits per heavy atom. The van der Waals surface area contributed by atoms with Crippen molar-refractivity contribution in [2.75, 3.05) is 19.8 Å². The van der Waals surface area contributed by atoms with Gasteiger partial charge in [-0.05, 0) is 44.1 Å². The number of hydrogen-bond donors (Lipinski definition) is 1. The second-order valence-corrected chi connectivity index (χ2v) is 6.26. The molecule has 2 saturated heterocycles. The molecule has 2 aliphatic heterocycles. The van der Waals surface area contributed by atoms with Gasteiger partial charge < -0.3 is 14.6 Å². The summed E-state index contributed by atoms with van der Waals surface area (Å²) in [6.45, 7) is 4.40. The fourth-order valence-electron chi connectivity index (χ4n) is 3.55. The van der Waals surface area contributed by atoms with Crippen LogP contribution < -0.4 is 0 Å². The van der Waals surface area contributed by atoms with Crippen molar-refractivity contribution in [1.82, 2.24) is 0 Å². The van der Waals surface area contributed by atoms with Gasteiger partial charge in [-0.1, -0.05) is 29.8 Å². The zero-order valence-corrected chi connectivity index (χ0v) is 12.2. The highest BCUT2D eigenvalue weighted by Gasteiger charge is 2.41. The lowest BCUT2D eigenvalue weighted by Gasteiger charge is -2.44. The molecule has 2 fully saturated rings. The molecule has 2 aliphatic rings. The minimum Gasteiger partial charge on any atom is -0.388 e. The molecule has 1 aromatic rings. The molecular formula is C17H24O3. The number of rotatable bonds is 2. The summed E-state index contributed by atoms with van der Waals surface area (Å²) >= 11 is 0. The quantitative estimate of drug-likeness (QED) is 0.902. The lowest BCUT2D eigenvalue weighted by atomic mass is 9.77. The van der Waals surface area contributed by atoms with E-state index >= 15 is 0 Å². The molecule has 0 aliphatic carbocycles. The first-order chi connectivity index (χ1) is 9.69. The van der Waals surface area contributed by atoms with E-state index in [1.165, 1.54) is 5.56 Å². The van der Waals surface area contributed by atoms with Crippen LogP contribution in [0.5, 0.6) is 0 Å². The highest BCUT2D eigenvalue weighted by molar-refractivity contribution is 5.24. The zero-order chi connectivity index (χ0) is 14.0. The fraction of sp³-hybridized carbons (Fsp3) is 0.647. The standard InChI is InChI=1S/C17H24O3/c1-13-3-2-4-14(11-13)16(18)15-5-8-20-17(12-15)6-9-19-10-7-17/h2-4,11,15-16,18H,5-10,12H2,1H3. The SMILES string of the molecule is Cc1cccc(C(O)C2CCOC3(CCOCC3)C2)c1. The predicted octanol–water partition coefficient (Wildman–Crippen LogP) is 3.00. The van der Waals surface area contributed by atoms with Gasteiger partial charge in [-0.2, -0.15) is 0 Å². The first-order valence-electron chi connectivity index (χ1n) is 7.65. The van der Waals surface area contributed by atoms with Gasteiger partial charge in [0.1, 0.15) is 0 Å². The minimum atomic E-state index is -0.376. The van der Waals surface area contributed by atoms with Crippen molar-refractivity contribution in [3.8, 4) is 0 Å². The number of aliphatic hydroxyl groups is 1. The minimum absolute atomic E-state index is 0.0496. The number of aliphatic hydroxyl groups excluding tert-OH is 1. The van der Waals surface area contributed by atoms with E-state index in [9.17, 15) is 5.11 Å². The third-order valence-electron chi connectivity index (χ3n) is 4.77. The average Bonchev–Trinajstić information content (AvgIpc) is 2.47. The lowest BCUT2D eigenvalue weighted by molar-refractivity contribution is -0.159. The van der Waals surface area contributed by atoms with Crippen LogP contribution in [0.3, 0.4) is 0 Å². The molecule has 3 heteroatoms. The lowest BCUT2D eigenvalue weighted by Crippen LogP contribution is -2.45. The van der Waals surface area contributed by atoms with Gasteiger partial charge in [-0.15, -0.1) is 0 Å². The van der Waals surface area contributed by atoms with Crippen molar-refractivity contribution >= 4 is 0 Å². The van der Waals surface area contributed by atoms with Crippen LogP contribution in [0.1, 0.15) is 42.9 Å². The van der Waals surface area contributed by atoms with Crippen LogP contribution in [0, 0.1) is 12.8 Å². The van der Waals surface area contributed by atoms with Crippen LogP contribution in [0.2, 0.25) is 0 Å². The summed E-state index contributed by atoms with van der Waals surface area (Å²) in [5.74, 6) is 0.295. The summed E-state index contributed by atoms with van der Waals surface area (Å²) in [4.78, 5) is 0. The molecule has 2 heterocycles. The van der Waals surface area contributed by atoms with E-state index in [4.69, 9.17) is 9.47 Å². The van der Waals surface area contributed by atoms with E-state index in [-0.39, 0.29) is 11.7 Å². The smallest absolute Gasteiger partial charge is 0.0820 e. The van der Waals surface area contributed by atoms with Crippen LogP contribution in [0.15, 0.2) is 24.3 Å². The predicted molar refractivity (Wildman–Crippen MR) is 77.6 cm³/mol. The number of aryl methyl sites for hydroxylation is 1. The van der Waals surface area contributed by atoms with Gasteiger partial charge in [0.15, 0.2) is 0 Å². The van der Waals surface area contributed by atoms with Crippen LogP contribution in [0.4, 0.5) is 0 Å². The van der Waals surface area contributed by atoms with E-state index in [1.54, 1.807) is 0 Å². The number of hydrogen-bond acceptors (Lipinski definition) is 3. The Bertz CT molecular complexity index is 446. The maximum Gasteiger partial charge on any atom is 0.0820 e. The van der Waals surface area contributed by atoms with Gasteiger partial charge >= 0.3 is 0 Å². The molecule has 20 heavy (non-hydrogen) atoms. The highest BCUT2D eigenvalue weighted by atomic mass is 16.5. The average molecular weight is 276 g/mol. The summed E-state index contributed by atoms with van der Waals surface area (Å²) < 4.78 is 11.5. The summed E-state index contributed by atoms with van der Waals surface area (Å²) in [6, 6.07) is 8.22. The van der Waals surface area contributed by atoms with Crippen LogP contribution >= 0.6 is 0 Å². The molecule has 3 rings (SSSR count). The Kier molecular flexibility index (Phi) is 4.11. The molecule has 2 atom stereocenters. The molecule has 0 amide bonds. The Morgan fingerprint density at radius 1 is 1.25 bits per heavy atom. The zero-order valence-electron chi connectivity index (χ0n) is 12.2. The Balaban J connectivity index is 1.73. The molecule has 0 bridgehead atoms. The van der Waals surface area contributed by atoms with Gasteiger partial charge in [-0.3, -0.25) is 0 Å². The number of ether oxygens (including phenoxy) is 2. The Hall–Kier alpha value is -0.900. The molecule has 1 spiro atoms. The summed E-state index contributed by atoms with van der Waals surface area (Å²) in [6.07, 6.45) is 3.44. The first-order valence-corrected chi connectivity index (χ1v) is 7.65. The molecule has 1 aromatic carbocycles.